The fraction of sp³-hybridized carbons (Fsp3) is 0.867. The smallest absolute Gasteiger partial charge is 0.102 e. The van der Waals surface area contributed by atoms with E-state index in [1.807, 2.05) is 6.92 Å². The third-order valence-electron chi connectivity index (χ3n) is 10.6. The molecular formula is C30H50O. The van der Waals surface area contributed by atoms with E-state index in [1.54, 1.807) is 5.57 Å². The summed E-state index contributed by atoms with van der Waals surface area (Å²) >= 11 is 0. The van der Waals surface area contributed by atoms with E-state index in [2.05, 4.69) is 47.3 Å². The largest absolute Gasteiger partial charge is 0.495 e. The number of fused-ring (bicyclic) bond motifs is 5. The fourth-order valence-electron chi connectivity index (χ4n) is 9.04. The molecule has 1 nitrogen and oxygen atoms in total. The van der Waals surface area contributed by atoms with Crippen molar-refractivity contribution in [2.24, 2.45) is 46.3 Å². The molecule has 0 heterocycles. The van der Waals surface area contributed by atoms with Gasteiger partial charge in [0.15, 0.2) is 0 Å². The van der Waals surface area contributed by atoms with E-state index in [0.717, 1.165) is 47.7 Å². The van der Waals surface area contributed by atoms with Gasteiger partial charge in [-0.15, -0.1) is 0 Å². The van der Waals surface area contributed by atoms with Crippen LogP contribution >= 0.6 is 0 Å². The summed E-state index contributed by atoms with van der Waals surface area (Å²) in [4.78, 5) is 0. The molecule has 0 aromatic heterocycles. The lowest BCUT2D eigenvalue weighted by atomic mass is 9.47. The quantitative estimate of drug-likeness (QED) is 0.291. The summed E-state index contributed by atoms with van der Waals surface area (Å²) in [6.07, 6.45) is 18.3. The SMILES string of the molecule is C=C(C)OC1CCC2(C)C(=CCC3C2CCC2(C)C(C(C)CCCC(C)C)CCC32)C1. The number of allylic oxidation sites excluding steroid dienone is 2. The Bertz CT molecular complexity index is 689. The summed E-state index contributed by atoms with van der Waals surface area (Å²) in [5, 5.41) is 0. The van der Waals surface area contributed by atoms with Gasteiger partial charge >= 0.3 is 0 Å². The first-order chi connectivity index (χ1) is 14.6. The minimum Gasteiger partial charge on any atom is -0.495 e. The van der Waals surface area contributed by atoms with E-state index in [4.69, 9.17) is 4.74 Å². The molecule has 8 atom stereocenters. The summed E-state index contributed by atoms with van der Waals surface area (Å²) in [6.45, 7) is 18.7. The molecule has 0 saturated heterocycles. The lowest BCUT2D eigenvalue weighted by Gasteiger charge is -2.58. The summed E-state index contributed by atoms with van der Waals surface area (Å²) in [6, 6.07) is 0. The van der Waals surface area contributed by atoms with Crippen LogP contribution in [0.15, 0.2) is 24.0 Å². The molecule has 4 aliphatic rings. The van der Waals surface area contributed by atoms with Gasteiger partial charge in [-0.25, -0.2) is 0 Å². The zero-order chi connectivity index (χ0) is 22.4. The molecule has 31 heavy (non-hydrogen) atoms. The Morgan fingerprint density at radius 2 is 1.84 bits per heavy atom. The van der Waals surface area contributed by atoms with Crippen molar-refractivity contribution in [3.05, 3.63) is 24.0 Å². The lowest BCUT2D eigenvalue weighted by Crippen LogP contribution is -2.51. The predicted octanol–water partition coefficient (Wildman–Crippen LogP) is 8.95. The molecule has 0 spiro atoms. The van der Waals surface area contributed by atoms with Gasteiger partial charge in [0.05, 0.1) is 5.76 Å². The molecule has 0 aromatic carbocycles. The number of rotatable bonds is 7. The van der Waals surface area contributed by atoms with Crippen molar-refractivity contribution < 1.29 is 4.74 Å². The molecule has 3 saturated carbocycles. The molecule has 0 amide bonds. The molecule has 4 aliphatic carbocycles. The van der Waals surface area contributed by atoms with E-state index < -0.39 is 0 Å². The molecule has 1 heteroatoms. The van der Waals surface area contributed by atoms with Crippen LogP contribution in [-0.2, 0) is 4.74 Å². The zero-order valence-electron chi connectivity index (χ0n) is 21.5. The number of hydrogen-bond acceptors (Lipinski definition) is 1. The standard InChI is InChI=1S/C30H50O/c1-20(2)9-8-10-22(5)26-13-14-27-25-12-11-23-19-24(31-21(3)4)15-17-29(23,6)28(25)16-18-30(26,27)7/h11,20,22,24-28H,3,8-10,12-19H2,1-2,4-7H3. The molecule has 0 aliphatic heterocycles. The summed E-state index contributed by atoms with van der Waals surface area (Å²) in [5.74, 6) is 6.41. The van der Waals surface area contributed by atoms with Gasteiger partial charge < -0.3 is 4.74 Å². The van der Waals surface area contributed by atoms with E-state index in [9.17, 15) is 0 Å². The van der Waals surface area contributed by atoms with Crippen LogP contribution in [0.4, 0.5) is 0 Å². The Balaban J connectivity index is 1.47. The van der Waals surface area contributed by atoms with Crippen molar-refractivity contribution >= 4 is 0 Å². The van der Waals surface area contributed by atoms with E-state index >= 15 is 0 Å². The summed E-state index contributed by atoms with van der Waals surface area (Å²) in [5.41, 5.74) is 2.76. The van der Waals surface area contributed by atoms with E-state index in [1.165, 1.54) is 64.2 Å². The fourth-order valence-corrected chi connectivity index (χ4v) is 9.04. The van der Waals surface area contributed by atoms with Crippen molar-refractivity contribution in [3.8, 4) is 0 Å². The van der Waals surface area contributed by atoms with Crippen molar-refractivity contribution in [1.29, 1.82) is 0 Å². The minimum absolute atomic E-state index is 0.366. The molecule has 0 N–H and O–H groups in total. The van der Waals surface area contributed by atoms with Crippen molar-refractivity contribution in [3.63, 3.8) is 0 Å². The Hall–Kier alpha value is -0.720. The van der Waals surface area contributed by atoms with E-state index in [0.29, 0.717) is 16.9 Å². The minimum atomic E-state index is 0.366. The van der Waals surface area contributed by atoms with Crippen molar-refractivity contribution in [2.45, 2.75) is 118 Å². The van der Waals surface area contributed by atoms with Crippen LogP contribution in [0.2, 0.25) is 0 Å². The van der Waals surface area contributed by atoms with Gasteiger partial charge in [0, 0.05) is 6.42 Å². The highest BCUT2D eigenvalue weighted by molar-refractivity contribution is 5.25. The first kappa shape index (κ1) is 23.4. The maximum Gasteiger partial charge on any atom is 0.102 e. The molecule has 3 fully saturated rings. The van der Waals surface area contributed by atoms with Crippen molar-refractivity contribution in [2.75, 3.05) is 0 Å². The molecule has 8 unspecified atom stereocenters. The average molecular weight is 427 g/mol. The van der Waals surface area contributed by atoms with Gasteiger partial charge in [0.1, 0.15) is 6.10 Å². The summed E-state index contributed by atoms with van der Waals surface area (Å²) in [7, 11) is 0. The maximum atomic E-state index is 6.06. The third-order valence-corrected chi connectivity index (χ3v) is 10.6. The average Bonchev–Trinajstić information content (AvgIpc) is 3.05. The highest BCUT2D eigenvalue weighted by Crippen LogP contribution is 2.67. The van der Waals surface area contributed by atoms with Gasteiger partial charge in [0.25, 0.3) is 0 Å². The second kappa shape index (κ2) is 8.90. The first-order valence-electron chi connectivity index (χ1n) is 13.7. The van der Waals surface area contributed by atoms with Gasteiger partial charge in [0.2, 0.25) is 0 Å². The monoisotopic (exact) mass is 426 g/mol. The third kappa shape index (κ3) is 4.29. The van der Waals surface area contributed by atoms with Crippen LogP contribution in [0.5, 0.6) is 0 Å². The maximum absolute atomic E-state index is 6.06. The van der Waals surface area contributed by atoms with Gasteiger partial charge in [-0.1, -0.05) is 72.1 Å². The molecule has 0 bridgehead atoms. The lowest BCUT2D eigenvalue weighted by molar-refractivity contribution is -0.0591. The Morgan fingerprint density at radius 1 is 1.06 bits per heavy atom. The van der Waals surface area contributed by atoms with Crippen LogP contribution < -0.4 is 0 Å². The van der Waals surface area contributed by atoms with Gasteiger partial charge in [-0.05, 0) is 98.2 Å². The molecule has 0 aromatic rings. The highest BCUT2D eigenvalue weighted by Gasteiger charge is 2.59. The first-order valence-corrected chi connectivity index (χ1v) is 13.7. The normalized spacial score (nSPS) is 42.9. The number of hydrogen-bond donors (Lipinski definition) is 0. The summed E-state index contributed by atoms with van der Waals surface area (Å²) < 4.78 is 6.06. The Labute approximate surface area is 193 Å². The van der Waals surface area contributed by atoms with Gasteiger partial charge in [-0.2, -0.15) is 0 Å². The molecular weight excluding hydrogens is 376 g/mol. The highest BCUT2D eigenvalue weighted by atomic mass is 16.5. The van der Waals surface area contributed by atoms with Crippen LogP contribution in [0.3, 0.4) is 0 Å². The van der Waals surface area contributed by atoms with Gasteiger partial charge in [-0.3, -0.25) is 0 Å². The van der Waals surface area contributed by atoms with Crippen LogP contribution in [-0.4, -0.2) is 6.10 Å². The van der Waals surface area contributed by atoms with Crippen LogP contribution in [0.1, 0.15) is 112 Å². The Kier molecular flexibility index (Phi) is 6.73. The zero-order valence-corrected chi connectivity index (χ0v) is 21.5. The second-order valence-corrected chi connectivity index (χ2v) is 13.0. The number of ether oxygens (including phenoxy) is 1. The predicted molar refractivity (Wildman–Crippen MR) is 133 cm³/mol. The molecule has 176 valence electrons. The van der Waals surface area contributed by atoms with Crippen molar-refractivity contribution in [1.82, 2.24) is 0 Å². The molecule has 4 rings (SSSR count). The van der Waals surface area contributed by atoms with E-state index in [-0.39, 0.29) is 0 Å². The molecule has 0 radical (unpaired) electrons. The second-order valence-electron chi connectivity index (χ2n) is 13.0. The topological polar surface area (TPSA) is 9.23 Å². The Morgan fingerprint density at radius 3 is 2.55 bits per heavy atom. The van der Waals surface area contributed by atoms with Crippen LogP contribution in [0, 0.1) is 46.3 Å². The van der Waals surface area contributed by atoms with Crippen LogP contribution in [0.25, 0.3) is 0 Å².